The minimum absolute atomic E-state index is 0.747. The van der Waals surface area contributed by atoms with Crippen molar-refractivity contribution in [3.63, 3.8) is 0 Å². The van der Waals surface area contributed by atoms with Gasteiger partial charge < -0.3 is 0 Å². The third kappa shape index (κ3) is 29.6. The molecule has 1 fully saturated rings. The van der Waals surface area contributed by atoms with E-state index in [1.807, 2.05) is 0 Å². The molecule has 0 aliphatic carbocycles. The van der Waals surface area contributed by atoms with Crippen molar-refractivity contribution in [2.45, 2.75) is 38.5 Å². The molecular weight excluding hydrogens is 1030 g/mol. The van der Waals surface area contributed by atoms with Crippen LogP contribution in [0.15, 0.2) is 0 Å². The molecule has 0 radical (unpaired) electrons. The van der Waals surface area contributed by atoms with E-state index in [0.717, 1.165) is 156 Å². The van der Waals surface area contributed by atoms with Crippen molar-refractivity contribution in [2.75, 3.05) is 152 Å². The quantitative estimate of drug-likeness (QED) is 0.0308. The van der Waals surface area contributed by atoms with Crippen molar-refractivity contribution in [3.05, 3.63) is 0 Å². The molecule has 324 valence electrons. The molecule has 1 aliphatic rings. The van der Waals surface area contributed by atoms with Crippen LogP contribution in [0.4, 0.5) is 0 Å². The van der Waals surface area contributed by atoms with Gasteiger partial charge in [-0.25, -0.2) is 0 Å². The predicted molar refractivity (Wildman–Crippen MR) is 274 cm³/mol. The third-order valence-electron chi connectivity index (χ3n) is 7.44. The molecule has 0 bridgehead atoms. The summed E-state index contributed by atoms with van der Waals surface area (Å²) in [5.41, 5.74) is 35.0. The average Bonchev–Trinajstić information content (AvgIpc) is 3.17. The fourth-order valence-electron chi connectivity index (χ4n) is 4.60. The summed E-state index contributed by atoms with van der Waals surface area (Å²) < 4.78 is 0. The molecule has 0 spiro atoms. The standard InChI is InChI=1S/C30H78Ge3N12S9/c34-7-1-13-40-19-25-46-31(47-26-20-41-14-2-8-35)52-32(48-27-21-42-15-3-9-36,49-28-22-43-16-4-10-37)54-33(53-31,50-29-23-44-17-5-11-38)51-30-24-45-18-6-12-39/h40-45H,1-30,34-39H2. The summed E-state index contributed by atoms with van der Waals surface area (Å²) in [6, 6.07) is 0. The fourth-order valence-corrected chi connectivity index (χ4v) is 549. The minimum atomic E-state index is -2.67. The number of hydrogen-bond acceptors (Lipinski definition) is 21. The van der Waals surface area contributed by atoms with Crippen LogP contribution in [-0.4, -0.2) is 178 Å². The molecule has 54 heavy (non-hydrogen) atoms. The Morgan fingerprint density at radius 1 is 0.278 bits per heavy atom. The average molecular weight is 1110 g/mol. The molecule has 0 aromatic carbocycles. The summed E-state index contributed by atoms with van der Waals surface area (Å²) in [6.45, 7) is 16.9. The summed E-state index contributed by atoms with van der Waals surface area (Å²) in [5.74, 6) is 7.12. The van der Waals surface area contributed by atoms with E-state index in [9.17, 15) is 0 Å². The van der Waals surface area contributed by atoms with Crippen LogP contribution in [0.5, 0.6) is 0 Å². The molecule has 0 unspecified atom stereocenters. The molecule has 0 aromatic rings. The molecule has 1 rings (SSSR count). The number of hydrogen-bond donors (Lipinski definition) is 12. The number of nitrogens with two attached hydrogens (primary N) is 6. The van der Waals surface area contributed by atoms with Crippen LogP contribution in [0.2, 0.25) is 0 Å². The Kier molecular flexibility index (Phi) is 41.8. The van der Waals surface area contributed by atoms with Crippen LogP contribution in [0.25, 0.3) is 0 Å². The van der Waals surface area contributed by atoms with E-state index in [0.29, 0.717) is 0 Å². The van der Waals surface area contributed by atoms with E-state index in [4.69, 9.17) is 34.4 Å². The summed E-state index contributed by atoms with van der Waals surface area (Å²) in [7, 11) is 14.4. The van der Waals surface area contributed by atoms with Gasteiger partial charge in [-0.15, -0.1) is 0 Å². The summed E-state index contributed by atoms with van der Waals surface area (Å²) in [4.78, 5) is 0. The monoisotopic (exact) mass is 1120 g/mol. The van der Waals surface area contributed by atoms with Gasteiger partial charge in [-0.05, 0) is 0 Å². The molecule has 0 amide bonds. The van der Waals surface area contributed by atoms with Gasteiger partial charge in [-0.1, -0.05) is 0 Å². The Hall–Kier alpha value is 4.30. The van der Waals surface area contributed by atoms with Crippen molar-refractivity contribution in [2.24, 2.45) is 34.4 Å². The Morgan fingerprint density at radius 2 is 0.444 bits per heavy atom. The van der Waals surface area contributed by atoms with Gasteiger partial charge in [0.1, 0.15) is 0 Å². The van der Waals surface area contributed by atoms with Crippen LogP contribution in [0.1, 0.15) is 38.5 Å². The van der Waals surface area contributed by atoms with Gasteiger partial charge >= 0.3 is 369 Å². The van der Waals surface area contributed by atoms with Crippen LogP contribution in [-0.2, 0) is 0 Å². The van der Waals surface area contributed by atoms with E-state index in [1.54, 1.807) is 0 Å². The maximum absolute atomic E-state index is 5.84. The van der Waals surface area contributed by atoms with E-state index in [2.05, 4.69) is 118 Å². The zero-order valence-corrected chi connectivity index (χ0v) is 46.5. The van der Waals surface area contributed by atoms with Gasteiger partial charge in [0.05, 0.1) is 0 Å². The normalized spacial score (nSPS) is 16.3. The van der Waals surface area contributed by atoms with Crippen molar-refractivity contribution in [1.29, 1.82) is 0 Å². The molecule has 12 nitrogen and oxygen atoms in total. The van der Waals surface area contributed by atoms with E-state index < -0.39 is 26.1 Å². The van der Waals surface area contributed by atoms with Gasteiger partial charge in [0, 0.05) is 0 Å². The predicted octanol–water partition coefficient (Wildman–Crippen LogP) is 1.54. The van der Waals surface area contributed by atoms with Crippen LogP contribution < -0.4 is 66.3 Å². The first-order valence-electron chi connectivity index (χ1n) is 19.9. The molecule has 18 N–H and O–H groups in total. The van der Waals surface area contributed by atoms with Gasteiger partial charge in [-0.2, -0.15) is 0 Å². The number of nitrogens with one attached hydrogen (secondary N) is 6. The maximum atomic E-state index is 5.84. The van der Waals surface area contributed by atoms with Gasteiger partial charge in [0.2, 0.25) is 0 Å². The second kappa shape index (κ2) is 40.1. The van der Waals surface area contributed by atoms with Crippen LogP contribution in [0, 0.1) is 0 Å². The van der Waals surface area contributed by atoms with Gasteiger partial charge in [-0.3, -0.25) is 0 Å². The molecule has 0 atom stereocenters. The van der Waals surface area contributed by atoms with E-state index in [1.165, 1.54) is 34.5 Å². The SMILES string of the molecule is NCCCNCC[S][Ge]1([S]CCNCCCN)[S][Ge]([S]CCNCCCN)([S]CCNCCCN)[S][Ge]([S]CCNCCCN)([S]CCNCCCN)[S]1. The van der Waals surface area contributed by atoms with Crippen molar-refractivity contribution < 1.29 is 0 Å². The first-order valence-corrected chi connectivity index (χ1v) is 59.1. The summed E-state index contributed by atoms with van der Waals surface area (Å²) >= 11 is 0. The molecule has 0 aromatic heterocycles. The van der Waals surface area contributed by atoms with Crippen molar-refractivity contribution in [1.82, 2.24) is 31.9 Å². The second-order valence-corrected chi connectivity index (χ2v) is 120. The molecule has 1 aliphatic heterocycles. The Bertz CT molecular complexity index is 675. The zero-order chi connectivity index (χ0) is 39.3. The molecule has 1 heterocycles. The summed E-state index contributed by atoms with van der Waals surface area (Å²) in [5, 5.41) is 22.3. The Morgan fingerprint density at radius 3 is 0.593 bits per heavy atom. The third-order valence-corrected chi connectivity index (χ3v) is 248. The molecule has 1 saturated heterocycles. The van der Waals surface area contributed by atoms with Crippen LogP contribution in [0.3, 0.4) is 0 Å². The Balaban J connectivity index is 3.53. The van der Waals surface area contributed by atoms with Crippen molar-refractivity contribution in [3.8, 4) is 0 Å². The fraction of sp³-hybridized carbons (Fsp3) is 1.00. The molecular formula is C30H78Ge3N12S9. The van der Waals surface area contributed by atoms with Crippen LogP contribution >= 0.6 is 85.8 Å². The first kappa shape index (κ1) is 56.3. The Labute approximate surface area is 364 Å². The zero-order valence-electron chi connectivity index (χ0n) is 32.9. The molecule has 24 heteroatoms. The van der Waals surface area contributed by atoms with Gasteiger partial charge in [0.25, 0.3) is 0 Å². The number of rotatable bonds is 42. The molecule has 0 saturated carbocycles. The topological polar surface area (TPSA) is 228 Å². The second-order valence-electron chi connectivity index (χ2n) is 12.3. The van der Waals surface area contributed by atoms with Crippen molar-refractivity contribution >= 4 is 112 Å². The van der Waals surface area contributed by atoms with E-state index >= 15 is 0 Å². The first-order chi connectivity index (χ1) is 26.5. The van der Waals surface area contributed by atoms with E-state index in [-0.39, 0.29) is 0 Å². The van der Waals surface area contributed by atoms with Gasteiger partial charge in [0.15, 0.2) is 0 Å². The summed E-state index contributed by atoms with van der Waals surface area (Å²) in [6.07, 6.45) is 6.22.